The average molecular weight is 414 g/mol. The van der Waals surface area contributed by atoms with Gasteiger partial charge in [0.1, 0.15) is 0 Å². The van der Waals surface area contributed by atoms with Gasteiger partial charge in [0.2, 0.25) is 5.91 Å². The zero-order chi connectivity index (χ0) is 21.2. The number of amides is 1. The minimum atomic E-state index is -1.04. The van der Waals surface area contributed by atoms with Crippen LogP contribution in [0.25, 0.3) is 0 Å². The summed E-state index contributed by atoms with van der Waals surface area (Å²) in [6, 6.07) is 14.4. The van der Waals surface area contributed by atoms with Crippen molar-refractivity contribution in [2.24, 2.45) is 5.92 Å². The number of carbonyl (C=O) groups excluding carboxylic acids is 2. The second-order valence-electron chi connectivity index (χ2n) is 7.06. The molecule has 1 atom stereocenters. The van der Waals surface area contributed by atoms with Crippen molar-refractivity contribution in [3.63, 3.8) is 0 Å². The summed E-state index contributed by atoms with van der Waals surface area (Å²) in [4.78, 5) is 36.3. The van der Waals surface area contributed by atoms with Gasteiger partial charge in [0.25, 0.3) is 0 Å². The van der Waals surface area contributed by atoms with Gasteiger partial charge in [-0.15, -0.1) is 0 Å². The van der Waals surface area contributed by atoms with Gasteiger partial charge in [-0.25, -0.2) is 4.79 Å². The fraction of sp³-hybridized carbons (Fsp3) is 0.348. The molecule has 29 heavy (non-hydrogen) atoms. The molecule has 0 aromatic heterocycles. The quantitative estimate of drug-likeness (QED) is 0.576. The van der Waals surface area contributed by atoms with Crippen LogP contribution in [0, 0.1) is 12.8 Å². The molecule has 0 saturated heterocycles. The molecule has 0 spiro atoms. The maximum atomic E-state index is 13.0. The SMILES string of the molecule is CCCCC(=O)SCC(Cc1ccccc1)C(=O)Nc1cc(C)cc(C(=O)O)c1. The van der Waals surface area contributed by atoms with Crippen molar-refractivity contribution in [1.82, 2.24) is 0 Å². The van der Waals surface area contributed by atoms with Gasteiger partial charge in [-0.2, -0.15) is 0 Å². The van der Waals surface area contributed by atoms with Gasteiger partial charge in [-0.1, -0.05) is 55.4 Å². The van der Waals surface area contributed by atoms with E-state index in [9.17, 15) is 19.5 Å². The van der Waals surface area contributed by atoms with Gasteiger partial charge in [-0.05, 0) is 49.1 Å². The van der Waals surface area contributed by atoms with Crippen LogP contribution < -0.4 is 5.32 Å². The fourth-order valence-electron chi connectivity index (χ4n) is 2.94. The van der Waals surface area contributed by atoms with Crippen molar-refractivity contribution in [3.05, 3.63) is 65.2 Å². The monoisotopic (exact) mass is 413 g/mol. The summed E-state index contributed by atoms with van der Waals surface area (Å²) < 4.78 is 0. The number of rotatable bonds is 10. The average Bonchev–Trinajstić information content (AvgIpc) is 2.69. The van der Waals surface area contributed by atoms with Gasteiger partial charge in [-0.3, -0.25) is 9.59 Å². The number of carboxylic acid groups (broad SMARTS) is 1. The molecule has 6 heteroatoms. The summed E-state index contributed by atoms with van der Waals surface area (Å²) in [7, 11) is 0. The molecule has 0 fully saturated rings. The number of unbranched alkanes of at least 4 members (excludes halogenated alkanes) is 1. The lowest BCUT2D eigenvalue weighted by Gasteiger charge is -2.17. The maximum Gasteiger partial charge on any atom is 0.335 e. The smallest absolute Gasteiger partial charge is 0.335 e. The molecule has 2 N–H and O–H groups in total. The third kappa shape index (κ3) is 7.74. The third-order valence-corrected chi connectivity index (χ3v) is 5.56. The third-order valence-electron chi connectivity index (χ3n) is 4.47. The first-order chi connectivity index (χ1) is 13.9. The van der Waals surface area contributed by atoms with Crippen LogP contribution in [-0.2, 0) is 16.0 Å². The second-order valence-corrected chi connectivity index (χ2v) is 8.13. The van der Waals surface area contributed by atoms with E-state index in [4.69, 9.17) is 0 Å². The number of carbonyl (C=O) groups is 3. The lowest BCUT2D eigenvalue weighted by atomic mass is 10.00. The van der Waals surface area contributed by atoms with Gasteiger partial charge < -0.3 is 10.4 Å². The van der Waals surface area contributed by atoms with Gasteiger partial charge >= 0.3 is 5.97 Å². The number of thioether (sulfide) groups is 1. The summed E-state index contributed by atoms with van der Waals surface area (Å²) in [5.41, 5.74) is 2.35. The maximum absolute atomic E-state index is 13.0. The molecule has 0 aliphatic heterocycles. The molecular weight excluding hydrogens is 386 g/mol. The van der Waals surface area contributed by atoms with Crippen LogP contribution in [0.1, 0.15) is 47.7 Å². The minimum absolute atomic E-state index is 0.0985. The number of benzene rings is 2. The van der Waals surface area contributed by atoms with E-state index < -0.39 is 11.9 Å². The van der Waals surface area contributed by atoms with Crippen LogP contribution in [0.2, 0.25) is 0 Å². The fourth-order valence-corrected chi connectivity index (χ4v) is 3.88. The predicted octanol–water partition coefficient (Wildman–Crippen LogP) is 4.94. The summed E-state index contributed by atoms with van der Waals surface area (Å²) in [5, 5.41) is 12.2. The molecule has 1 amide bonds. The molecule has 0 saturated carbocycles. The Bertz CT molecular complexity index is 851. The molecule has 1 unspecified atom stereocenters. The Balaban J connectivity index is 2.13. The Kier molecular flexibility index (Phi) is 8.93. The van der Waals surface area contributed by atoms with Crippen LogP contribution in [0.3, 0.4) is 0 Å². The van der Waals surface area contributed by atoms with E-state index in [0.29, 0.717) is 24.3 Å². The topological polar surface area (TPSA) is 83.5 Å². The number of carboxylic acids is 1. The zero-order valence-corrected chi connectivity index (χ0v) is 17.6. The van der Waals surface area contributed by atoms with Gasteiger partial charge in [0, 0.05) is 17.9 Å². The van der Waals surface area contributed by atoms with Crippen molar-refractivity contribution in [1.29, 1.82) is 0 Å². The van der Waals surface area contributed by atoms with E-state index in [1.165, 1.54) is 17.8 Å². The molecule has 2 rings (SSSR count). The Hall–Kier alpha value is -2.60. The highest BCUT2D eigenvalue weighted by molar-refractivity contribution is 8.13. The Morgan fingerprint density at radius 1 is 1.10 bits per heavy atom. The molecule has 5 nitrogen and oxygen atoms in total. The molecule has 2 aromatic carbocycles. The highest BCUT2D eigenvalue weighted by Crippen LogP contribution is 2.21. The first-order valence-corrected chi connectivity index (χ1v) is 10.7. The Morgan fingerprint density at radius 3 is 2.48 bits per heavy atom. The number of hydrogen-bond acceptors (Lipinski definition) is 4. The van der Waals surface area contributed by atoms with Crippen molar-refractivity contribution < 1.29 is 19.5 Å². The van der Waals surface area contributed by atoms with Crippen LogP contribution in [0.4, 0.5) is 5.69 Å². The van der Waals surface area contributed by atoms with E-state index in [0.717, 1.165) is 24.0 Å². The highest BCUT2D eigenvalue weighted by atomic mass is 32.2. The normalized spacial score (nSPS) is 11.7. The molecule has 0 aliphatic rings. The molecule has 0 radical (unpaired) electrons. The van der Waals surface area contributed by atoms with E-state index >= 15 is 0 Å². The largest absolute Gasteiger partial charge is 0.478 e. The first-order valence-electron chi connectivity index (χ1n) is 9.74. The number of aryl methyl sites for hydroxylation is 1. The predicted molar refractivity (Wildman–Crippen MR) is 117 cm³/mol. The van der Waals surface area contributed by atoms with E-state index in [2.05, 4.69) is 5.32 Å². The molecular formula is C23H27NO4S. The molecule has 154 valence electrons. The van der Waals surface area contributed by atoms with E-state index in [1.54, 1.807) is 19.1 Å². The lowest BCUT2D eigenvalue weighted by Crippen LogP contribution is -2.27. The van der Waals surface area contributed by atoms with Crippen LogP contribution >= 0.6 is 11.8 Å². The summed E-state index contributed by atoms with van der Waals surface area (Å²) in [6.07, 6.45) is 2.83. The summed E-state index contributed by atoms with van der Waals surface area (Å²) >= 11 is 1.20. The van der Waals surface area contributed by atoms with Gasteiger partial charge in [0.05, 0.1) is 11.5 Å². The molecule has 2 aromatic rings. The molecule has 0 heterocycles. The Labute approximate surface area is 175 Å². The van der Waals surface area contributed by atoms with Crippen molar-refractivity contribution in [3.8, 4) is 0 Å². The van der Waals surface area contributed by atoms with E-state index in [1.807, 2.05) is 37.3 Å². The second kappa shape index (κ2) is 11.4. The number of aromatic carboxylic acids is 1. The van der Waals surface area contributed by atoms with Crippen LogP contribution in [0.5, 0.6) is 0 Å². The number of nitrogens with one attached hydrogen (secondary N) is 1. The summed E-state index contributed by atoms with van der Waals surface area (Å²) in [5.74, 6) is -1.27. The minimum Gasteiger partial charge on any atom is -0.478 e. The first kappa shape index (κ1) is 22.7. The van der Waals surface area contributed by atoms with Crippen molar-refractivity contribution in [2.45, 2.75) is 39.5 Å². The van der Waals surface area contributed by atoms with Crippen molar-refractivity contribution >= 4 is 34.4 Å². The molecule has 0 bridgehead atoms. The standard InChI is InChI=1S/C23H27NO4S/c1-3-4-10-21(25)29-15-19(13-17-8-6-5-7-9-17)22(26)24-20-12-16(2)11-18(14-20)23(27)28/h5-9,11-12,14,19H,3-4,10,13,15H2,1-2H3,(H,24,26)(H,27,28). The number of anilines is 1. The van der Waals surface area contributed by atoms with E-state index in [-0.39, 0.29) is 16.6 Å². The zero-order valence-electron chi connectivity index (χ0n) is 16.8. The van der Waals surface area contributed by atoms with Crippen molar-refractivity contribution in [2.75, 3.05) is 11.1 Å². The van der Waals surface area contributed by atoms with Crippen LogP contribution in [-0.4, -0.2) is 27.9 Å². The highest BCUT2D eigenvalue weighted by Gasteiger charge is 2.21. The number of hydrogen-bond donors (Lipinski definition) is 2. The lowest BCUT2D eigenvalue weighted by molar-refractivity contribution is -0.119. The molecule has 0 aliphatic carbocycles. The summed E-state index contributed by atoms with van der Waals surface area (Å²) in [6.45, 7) is 3.82. The Morgan fingerprint density at radius 2 is 1.83 bits per heavy atom. The van der Waals surface area contributed by atoms with Crippen LogP contribution in [0.15, 0.2) is 48.5 Å². The van der Waals surface area contributed by atoms with Gasteiger partial charge in [0.15, 0.2) is 5.12 Å².